The topological polar surface area (TPSA) is 118 Å². The maximum atomic E-state index is 12.2. The highest BCUT2D eigenvalue weighted by atomic mass is 16.1. The summed E-state index contributed by atoms with van der Waals surface area (Å²) in [6.07, 6.45) is 4.70. The van der Waals surface area contributed by atoms with Crippen molar-refractivity contribution in [3.05, 3.63) is 65.5 Å². The summed E-state index contributed by atoms with van der Waals surface area (Å²) in [5.41, 5.74) is 12.4. The monoisotopic (exact) mass is 291 g/mol. The normalized spacial score (nSPS) is 10.6. The zero-order valence-electron chi connectivity index (χ0n) is 11.6. The van der Waals surface area contributed by atoms with Crippen molar-refractivity contribution < 1.29 is 4.79 Å². The number of aliphatic imine (C=N–C) groups is 1. The lowest BCUT2D eigenvalue weighted by Crippen LogP contribution is -2.24. The molecule has 0 radical (unpaired) electrons. The summed E-state index contributed by atoms with van der Waals surface area (Å²) in [5, 5.41) is 9.14. The minimum atomic E-state index is -0.597. The zero-order valence-corrected chi connectivity index (χ0v) is 11.6. The molecule has 1 aromatic carbocycles. The van der Waals surface area contributed by atoms with Crippen molar-refractivity contribution in [1.29, 1.82) is 5.26 Å². The Balaban J connectivity index is 2.59. The molecule has 0 bridgehead atoms. The molecule has 0 saturated heterocycles. The molecule has 1 heterocycles. The predicted octanol–water partition coefficient (Wildman–Crippen LogP) is 1.29. The maximum Gasteiger partial charge on any atom is 0.280 e. The summed E-state index contributed by atoms with van der Waals surface area (Å²) in [7, 11) is 0. The van der Waals surface area contributed by atoms with Crippen molar-refractivity contribution in [2.75, 3.05) is 0 Å². The SMILES string of the molecule is N#Cc1ccccc1/C=C(/C(=O)N=C(N)N)c1cccnc1. The van der Waals surface area contributed by atoms with Crippen LogP contribution in [-0.4, -0.2) is 16.9 Å². The Morgan fingerprint density at radius 2 is 2.00 bits per heavy atom. The van der Waals surface area contributed by atoms with Gasteiger partial charge in [-0.3, -0.25) is 9.78 Å². The lowest BCUT2D eigenvalue weighted by atomic mass is 10.0. The third kappa shape index (κ3) is 3.55. The van der Waals surface area contributed by atoms with Crippen molar-refractivity contribution in [3.8, 4) is 6.07 Å². The number of guanidine groups is 1. The highest BCUT2D eigenvalue weighted by Gasteiger charge is 2.13. The van der Waals surface area contributed by atoms with E-state index >= 15 is 0 Å². The summed E-state index contributed by atoms with van der Waals surface area (Å²) in [6, 6.07) is 12.4. The lowest BCUT2D eigenvalue weighted by molar-refractivity contribution is -0.112. The molecule has 22 heavy (non-hydrogen) atoms. The number of rotatable bonds is 3. The zero-order chi connectivity index (χ0) is 15.9. The number of nitriles is 1. The number of hydrogen-bond donors (Lipinski definition) is 2. The van der Waals surface area contributed by atoms with Crippen LogP contribution in [0.25, 0.3) is 11.6 Å². The first kappa shape index (κ1) is 14.9. The molecule has 2 rings (SSSR count). The molecule has 0 spiro atoms. The van der Waals surface area contributed by atoms with Gasteiger partial charge >= 0.3 is 0 Å². The molecule has 0 fully saturated rings. The number of benzene rings is 1. The van der Waals surface area contributed by atoms with Crippen LogP contribution in [0.15, 0.2) is 53.8 Å². The Morgan fingerprint density at radius 3 is 2.64 bits per heavy atom. The first-order chi connectivity index (χ1) is 10.6. The van der Waals surface area contributed by atoms with E-state index in [1.807, 2.05) is 0 Å². The highest BCUT2D eigenvalue weighted by molar-refractivity contribution is 6.26. The molecule has 2 aromatic rings. The van der Waals surface area contributed by atoms with Gasteiger partial charge in [0, 0.05) is 18.0 Å². The molecule has 1 amide bonds. The first-order valence-corrected chi connectivity index (χ1v) is 6.37. The minimum absolute atomic E-state index is 0.254. The summed E-state index contributed by atoms with van der Waals surface area (Å²) in [6.45, 7) is 0. The molecule has 6 nitrogen and oxygen atoms in total. The Morgan fingerprint density at radius 1 is 1.23 bits per heavy atom. The molecule has 0 saturated carbocycles. The summed E-state index contributed by atoms with van der Waals surface area (Å²) in [4.78, 5) is 19.8. The maximum absolute atomic E-state index is 12.2. The number of nitrogens with two attached hydrogens (primary N) is 2. The Hall–Kier alpha value is -3.46. The van der Waals surface area contributed by atoms with Crippen LogP contribution < -0.4 is 11.5 Å². The van der Waals surface area contributed by atoms with Crippen molar-refractivity contribution in [3.63, 3.8) is 0 Å². The second-order valence-corrected chi connectivity index (χ2v) is 4.34. The van der Waals surface area contributed by atoms with Gasteiger partial charge in [0.15, 0.2) is 5.96 Å². The Bertz CT molecular complexity index is 784. The average Bonchev–Trinajstić information content (AvgIpc) is 2.53. The van der Waals surface area contributed by atoms with Gasteiger partial charge in [0.05, 0.1) is 17.2 Å². The molecule has 108 valence electrons. The van der Waals surface area contributed by atoms with Crippen LogP contribution in [0.3, 0.4) is 0 Å². The smallest absolute Gasteiger partial charge is 0.280 e. The van der Waals surface area contributed by atoms with E-state index in [0.29, 0.717) is 16.7 Å². The number of hydrogen-bond acceptors (Lipinski definition) is 3. The number of carbonyl (C=O) groups excluding carboxylic acids is 1. The number of carbonyl (C=O) groups is 1. The highest BCUT2D eigenvalue weighted by Crippen LogP contribution is 2.21. The second-order valence-electron chi connectivity index (χ2n) is 4.34. The van der Waals surface area contributed by atoms with E-state index in [0.717, 1.165) is 0 Å². The van der Waals surface area contributed by atoms with Gasteiger partial charge in [-0.1, -0.05) is 24.3 Å². The van der Waals surface area contributed by atoms with Crippen molar-refractivity contribution in [1.82, 2.24) is 4.98 Å². The fourth-order valence-electron chi connectivity index (χ4n) is 1.85. The number of nitrogens with zero attached hydrogens (tertiary/aromatic N) is 3. The standard InChI is InChI=1S/C16H13N5O/c17-9-12-5-2-1-4-11(12)8-14(15(22)21-16(18)19)13-6-3-7-20-10-13/h1-8,10H,(H4,18,19,21,22)/b14-8+. The quantitative estimate of drug-likeness (QED) is 0.502. The lowest BCUT2D eigenvalue weighted by Gasteiger charge is -2.05. The number of aromatic nitrogens is 1. The molecule has 0 aliphatic rings. The molecule has 6 heteroatoms. The average molecular weight is 291 g/mol. The minimum Gasteiger partial charge on any atom is -0.370 e. The van der Waals surface area contributed by atoms with E-state index in [1.54, 1.807) is 48.7 Å². The fourth-order valence-corrected chi connectivity index (χ4v) is 1.85. The van der Waals surface area contributed by atoms with Crippen LogP contribution in [0, 0.1) is 11.3 Å². The van der Waals surface area contributed by atoms with Crippen molar-refractivity contribution >= 4 is 23.5 Å². The van der Waals surface area contributed by atoms with Gasteiger partial charge in [0.25, 0.3) is 5.91 Å². The first-order valence-electron chi connectivity index (χ1n) is 6.37. The van der Waals surface area contributed by atoms with E-state index in [4.69, 9.17) is 16.7 Å². The second kappa shape index (κ2) is 6.81. The summed E-state index contributed by atoms with van der Waals surface area (Å²) >= 11 is 0. The Kier molecular flexibility index (Phi) is 4.63. The van der Waals surface area contributed by atoms with E-state index in [1.165, 1.54) is 6.20 Å². The Labute approximate surface area is 127 Å². The molecule has 0 aliphatic heterocycles. The van der Waals surface area contributed by atoms with Crippen molar-refractivity contribution in [2.24, 2.45) is 16.5 Å². The molecule has 4 N–H and O–H groups in total. The number of amides is 1. The molecule has 1 aromatic heterocycles. The third-order valence-electron chi connectivity index (χ3n) is 2.81. The van der Waals surface area contributed by atoms with Crippen LogP contribution in [-0.2, 0) is 4.79 Å². The molecular weight excluding hydrogens is 278 g/mol. The van der Waals surface area contributed by atoms with Gasteiger partial charge in [-0.25, -0.2) is 0 Å². The van der Waals surface area contributed by atoms with E-state index in [9.17, 15) is 4.79 Å². The van der Waals surface area contributed by atoms with Gasteiger partial charge in [-0.2, -0.15) is 10.3 Å². The van der Waals surface area contributed by atoms with Gasteiger partial charge in [0.2, 0.25) is 0 Å². The van der Waals surface area contributed by atoms with Gasteiger partial charge in [0.1, 0.15) is 0 Å². The molecule has 0 atom stereocenters. The van der Waals surface area contributed by atoms with Crippen LogP contribution in [0.5, 0.6) is 0 Å². The van der Waals surface area contributed by atoms with E-state index in [-0.39, 0.29) is 11.5 Å². The van der Waals surface area contributed by atoms with Crippen LogP contribution in [0.4, 0.5) is 0 Å². The fraction of sp³-hybridized carbons (Fsp3) is 0. The van der Waals surface area contributed by atoms with E-state index < -0.39 is 5.91 Å². The third-order valence-corrected chi connectivity index (χ3v) is 2.81. The summed E-state index contributed by atoms with van der Waals surface area (Å²) < 4.78 is 0. The van der Waals surface area contributed by atoms with Crippen LogP contribution in [0.1, 0.15) is 16.7 Å². The molecule has 0 aliphatic carbocycles. The van der Waals surface area contributed by atoms with Crippen LogP contribution in [0.2, 0.25) is 0 Å². The van der Waals surface area contributed by atoms with Crippen molar-refractivity contribution in [2.45, 2.75) is 0 Å². The number of pyridine rings is 1. The van der Waals surface area contributed by atoms with Gasteiger partial charge in [-0.05, 0) is 23.8 Å². The van der Waals surface area contributed by atoms with Gasteiger partial charge < -0.3 is 11.5 Å². The van der Waals surface area contributed by atoms with Gasteiger partial charge in [-0.15, -0.1) is 0 Å². The molecular formula is C16H13N5O. The van der Waals surface area contributed by atoms with Crippen LogP contribution >= 0.6 is 0 Å². The van der Waals surface area contributed by atoms with E-state index in [2.05, 4.69) is 16.0 Å². The molecule has 0 unspecified atom stereocenters. The summed E-state index contributed by atoms with van der Waals surface area (Å²) in [5.74, 6) is -0.922. The predicted molar refractivity (Wildman–Crippen MR) is 84.1 cm³/mol. The largest absolute Gasteiger partial charge is 0.370 e.